The van der Waals surface area contributed by atoms with E-state index in [4.69, 9.17) is 0 Å². The maximum atomic E-state index is 12.0. The molecule has 0 heterocycles. The first kappa shape index (κ1) is 14.7. The first-order chi connectivity index (χ1) is 7.56. The highest BCUT2D eigenvalue weighted by Gasteiger charge is 2.47. The standard InChI is InChI=1S/C9H16F3NO3S/c1-7-2-4-8(14,5-3-7)6-13-17(15,16)9(10,11)12/h7,13-14H,2-6H2,1H3. The van der Waals surface area contributed by atoms with Crippen LogP contribution in [-0.2, 0) is 10.0 Å². The van der Waals surface area contributed by atoms with E-state index < -0.39 is 27.7 Å². The van der Waals surface area contributed by atoms with Crippen molar-refractivity contribution in [3.8, 4) is 0 Å². The van der Waals surface area contributed by atoms with Crippen molar-refractivity contribution in [1.82, 2.24) is 4.72 Å². The largest absolute Gasteiger partial charge is 0.511 e. The summed E-state index contributed by atoms with van der Waals surface area (Å²) in [5, 5.41) is 9.92. The van der Waals surface area contributed by atoms with Crippen LogP contribution in [0.25, 0.3) is 0 Å². The van der Waals surface area contributed by atoms with Crippen LogP contribution in [0, 0.1) is 5.92 Å². The highest BCUT2D eigenvalue weighted by molar-refractivity contribution is 7.90. The third kappa shape index (κ3) is 3.82. The van der Waals surface area contributed by atoms with Gasteiger partial charge in [-0.05, 0) is 31.6 Å². The van der Waals surface area contributed by atoms with E-state index in [1.807, 2.05) is 6.92 Å². The number of sulfonamides is 1. The van der Waals surface area contributed by atoms with E-state index in [2.05, 4.69) is 0 Å². The average molecular weight is 275 g/mol. The van der Waals surface area contributed by atoms with Crippen LogP contribution < -0.4 is 4.72 Å². The van der Waals surface area contributed by atoms with Gasteiger partial charge in [-0.25, -0.2) is 13.1 Å². The fourth-order valence-electron chi connectivity index (χ4n) is 1.79. The van der Waals surface area contributed by atoms with Gasteiger partial charge >= 0.3 is 15.5 Å². The molecule has 1 saturated carbocycles. The van der Waals surface area contributed by atoms with Gasteiger partial charge in [-0.3, -0.25) is 0 Å². The Morgan fingerprint density at radius 2 is 1.82 bits per heavy atom. The second kappa shape index (κ2) is 4.74. The molecular weight excluding hydrogens is 259 g/mol. The fourth-order valence-corrected chi connectivity index (χ4v) is 2.41. The Morgan fingerprint density at radius 1 is 1.35 bits per heavy atom. The van der Waals surface area contributed by atoms with E-state index in [9.17, 15) is 26.7 Å². The minimum absolute atomic E-state index is 0.314. The zero-order valence-corrected chi connectivity index (χ0v) is 10.2. The van der Waals surface area contributed by atoms with Gasteiger partial charge in [0.15, 0.2) is 0 Å². The van der Waals surface area contributed by atoms with E-state index in [1.165, 1.54) is 4.72 Å². The molecule has 0 radical (unpaired) electrons. The van der Waals surface area contributed by atoms with Crippen LogP contribution in [-0.4, -0.2) is 31.2 Å². The lowest BCUT2D eigenvalue weighted by Gasteiger charge is -2.34. The van der Waals surface area contributed by atoms with Gasteiger partial charge in [0.05, 0.1) is 5.60 Å². The summed E-state index contributed by atoms with van der Waals surface area (Å²) in [7, 11) is -5.36. The minimum atomic E-state index is -5.36. The molecular formula is C9H16F3NO3S. The van der Waals surface area contributed by atoms with E-state index in [0.29, 0.717) is 31.6 Å². The third-order valence-corrected chi connectivity index (χ3v) is 4.23. The third-order valence-electron chi connectivity index (χ3n) is 3.10. The second-order valence-corrected chi connectivity index (χ2v) is 6.44. The molecule has 102 valence electrons. The van der Waals surface area contributed by atoms with Gasteiger partial charge in [0, 0.05) is 6.54 Å². The molecule has 0 aromatic carbocycles. The molecule has 1 aliphatic rings. The Bertz CT molecular complexity index is 358. The first-order valence-corrected chi connectivity index (χ1v) is 6.82. The lowest BCUT2D eigenvalue weighted by atomic mass is 9.80. The predicted octanol–water partition coefficient (Wildman–Crippen LogP) is 1.37. The van der Waals surface area contributed by atoms with Crippen molar-refractivity contribution in [3.05, 3.63) is 0 Å². The number of nitrogens with one attached hydrogen (secondary N) is 1. The van der Waals surface area contributed by atoms with Gasteiger partial charge in [0.2, 0.25) is 0 Å². The first-order valence-electron chi connectivity index (χ1n) is 5.34. The van der Waals surface area contributed by atoms with E-state index in [1.54, 1.807) is 0 Å². The molecule has 17 heavy (non-hydrogen) atoms. The number of aliphatic hydroxyl groups is 1. The quantitative estimate of drug-likeness (QED) is 0.817. The van der Waals surface area contributed by atoms with Gasteiger partial charge in [-0.2, -0.15) is 13.2 Å². The van der Waals surface area contributed by atoms with Gasteiger partial charge in [-0.15, -0.1) is 0 Å². The average Bonchev–Trinajstić information content (AvgIpc) is 2.19. The van der Waals surface area contributed by atoms with Gasteiger partial charge in [0.1, 0.15) is 0 Å². The van der Waals surface area contributed by atoms with Crippen molar-refractivity contribution >= 4 is 10.0 Å². The van der Waals surface area contributed by atoms with Crippen LogP contribution in [0.5, 0.6) is 0 Å². The smallest absolute Gasteiger partial charge is 0.389 e. The molecule has 0 atom stereocenters. The van der Waals surface area contributed by atoms with Crippen LogP contribution in [0.2, 0.25) is 0 Å². The van der Waals surface area contributed by atoms with Crippen molar-refractivity contribution in [3.63, 3.8) is 0 Å². The molecule has 0 unspecified atom stereocenters. The molecule has 8 heteroatoms. The van der Waals surface area contributed by atoms with E-state index in [-0.39, 0.29) is 0 Å². The molecule has 0 aromatic rings. The van der Waals surface area contributed by atoms with Crippen molar-refractivity contribution in [2.45, 2.75) is 43.7 Å². The lowest BCUT2D eigenvalue weighted by Crippen LogP contribution is -2.48. The molecule has 0 amide bonds. The van der Waals surface area contributed by atoms with Gasteiger partial charge in [0.25, 0.3) is 0 Å². The number of rotatable bonds is 3. The molecule has 0 bridgehead atoms. The van der Waals surface area contributed by atoms with E-state index in [0.717, 1.165) is 0 Å². The summed E-state index contributed by atoms with van der Waals surface area (Å²) < 4.78 is 59.1. The normalized spacial score (nSPS) is 31.5. The Balaban J connectivity index is 2.57. The second-order valence-electron chi connectivity index (χ2n) is 4.68. The monoisotopic (exact) mass is 275 g/mol. The van der Waals surface area contributed by atoms with Gasteiger partial charge in [-0.1, -0.05) is 6.92 Å². The molecule has 1 fully saturated rings. The Kier molecular flexibility index (Phi) is 4.10. The van der Waals surface area contributed by atoms with Crippen molar-refractivity contribution in [2.24, 2.45) is 5.92 Å². The summed E-state index contributed by atoms with van der Waals surface area (Å²) in [5.41, 5.74) is -6.68. The number of halogens is 3. The summed E-state index contributed by atoms with van der Waals surface area (Å²) in [5.74, 6) is 0.412. The molecule has 4 nitrogen and oxygen atoms in total. The molecule has 2 N–H and O–H groups in total. The highest BCUT2D eigenvalue weighted by Crippen LogP contribution is 2.32. The zero-order valence-electron chi connectivity index (χ0n) is 9.42. The highest BCUT2D eigenvalue weighted by atomic mass is 32.2. The summed E-state index contributed by atoms with van der Waals surface area (Å²) in [4.78, 5) is 0. The van der Waals surface area contributed by atoms with Crippen LogP contribution >= 0.6 is 0 Å². The molecule has 1 rings (SSSR count). The Labute approximate surface area is 98.3 Å². The van der Waals surface area contributed by atoms with Crippen LogP contribution in [0.4, 0.5) is 13.2 Å². The lowest BCUT2D eigenvalue weighted by molar-refractivity contribution is -0.0465. The fraction of sp³-hybridized carbons (Fsp3) is 1.00. The summed E-state index contributed by atoms with van der Waals surface area (Å²) >= 11 is 0. The maximum absolute atomic E-state index is 12.0. The van der Waals surface area contributed by atoms with Crippen molar-refractivity contribution < 1.29 is 26.7 Å². The number of alkyl halides is 3. The summed E-state index contributed by atoms with van der Waals surface area (Å²) in [6.45, 7) is 1.40. The molecule has 0 saturated heterocycles. The van der Waals surface area contributed by atoms with E-state index >= 15 is 0 Å². The SMILES string of the molecule is CC1CCC(O)(CNS(=O)(=O)C(F)(F)F)CC1. The van der Waals surface area contributed by atoms with Crippen molar-refractivity contribution in [2.75, 3.05) is 6.54 Å². The Morgan fingerprint density at radius 3 is 2.24 bits per heavy atom. The molecule has 0 aliphatic heterocycles. The Hall–Kier alpha value is -0.340. The topological polar surface area (TPSA) is 66.4 Å². The number of hydrogen-bond donors (Lipinski definition) is 2. The maximum Gasteiger partial charge on any atom is 0.511 e. The van der Waals surface area contributed by atoms with Crippen molar-refractivity contribution in [1.29, 1.82) is 0 Å². The minimum Gasteiger partial charge on any atom is -0.389 e. The zero-order chi connectivity index (χ0) is 13.3. The molecule has 1 aliphatic carbocycles. The van der Waals surface area contributed by atoms with Crippen LogP contribution in [0.15, 0.2) is 0 Å². The summed E-state index contributed by atoms with van der Waals surface area (Å²) in [6, 6.07) is 0. The van der Waals surface area contributed by atoms with Crippen LogP contribution in [0.3, 0.4) is 0 Å². The van der Waals surface area contributed by atoms with Crippen LogP contribution in [0.1, 0.15) is 32.6 Å². The predicted molar refractivity (Wildman–Crippen MR) is 55.6 cm³/mol. The van der Waals surface area contributed by atoms with Gasteiger partial charge < -0.3 is 5.11 Å². The molecule has 0 spiro atoms. The molecule has 0 aromatic heterocycles. The number of hydrogen-bond acceptors (Lipinski definition) is 3. The summed E-state index contributed by atoms with van der Waals surface area (Å²) in [6.07, 6.45) is 2.00.